The minimum Gasteiger partial charge on any atom is -0.388 e. The van der Waals surface area contributed by atoms with Gasteiger partial charge in [0, 0.05) is 9.99 Å². The van der Waals surface area contributed by atoms with Crippen LogP contribution in [0.3, 0.4) is 0 Å². The molecule has 0 aliphatic rings. The molecule has 1 unspecified atom stereocenters. The number of aliphatic hydroxyl groups excluding tert-OH is 1. The summed E-state index contributed by atoms with van der Waals surface area (Å²) in [5.41, 5.74) is 0.859. The van der Waals surface area contributed by atoms with Crippen LogP contribution in [0.25, 0.3) is 0 Å². The fraction of sp³-hybridized carbons (Fsp3) is 0.333. The lowest BCUT2D eigenvalue weighted by atomic mass is 10.0. The van der Waals surface area contributed by atoms with Gasteiger partial charge in [0.15, 0.2) is 0 Å². The van der Waals surface area contributed by atoms with Gasteiger partial charge in [-0.2, -0.15) is 0 Å². The Labute approximate surface area is 109 Å². The van der Waals surface area contributed by atoms with Crippen LogP contribution in [0, 0.1) is 15.9 Å². The molecule has 1 N–H and O–H groups in total. The largest absolute Gasteiger partial charge is 0.388 e. The van der Waals surface area contributed by atoms with Gasteiger partial charge in [0.1, 0.15) is 0 Å². The van der Waals surface area contributed by atoms with E-state index in [9.17, 15) is 5.11 Å². The Morgan fingerprint density at radius 3 is 2.87 bits per heavy atom. The van der Waals surface area contributed by atoms with E-state index in [1.54, 1.807) is 0 Å². The van der Waals surface area contributed by atoms with Gasteiger partial charge in [-0.15, -0.1) is 12.3 Å². The van der Waals surface area contributed by atoms with Crippen LogP contribution in [0.1, 0.15) is 30.9 Å². The molecular formula is C12H12ClIO. The van der Waals surface area contributed by atoms with Crippen LogP contribution in [0.15, 0.2) is 18.2 Å². The van der Waals surface area contributed by atoms with E-state index < -0.39 is 6.10 Å². The monoisotopic (exact) mass is 334 g/mol. The number of unbranched alkanes of at least 4 members (excludes halogenated alkanes) is 1. The summed E-state index contributed by atoms with van der Waals surface area (Å²) in [5.74, 6) is 2.56. The highest BCUT2D eigenvalue weighted by Crippen LogP contribution is 2.25. The Kier molecular flexibility index (Phi) is 5.44. The highest BCUT2D eigenvalue weighted by atomic mass is 127. The molecule has 0 radical (unpaired) electrons. The first kappa shape index (κ1) is 12.8. The Morgan fingerprint density at radius 2 is 2.27 bits per heavy atom. The number of halogens is 2. The van der Waals surface area contributed by atoms with Gasteiger partial charge in [-0.05, 0) is 53.1 Å². The molecule has 0 aromatic heterocycles. The Hall–Kier alpha value is -0.240. The molecule has 1 aromatic carbocycles. The highest BCUT2D eigenvalue weighted by molar-refractivity contribution is 14.1. The second-order valence-corrected chi connectivity index (χ2v) is 4.86. The molecule has 0 aliphatic carbocycles. The lowest BCUT2D eigenvalue weighted by molar-refractivity contribution is 0.165. The smallest absolute Gasteiger partial charge is 0.0790 e. The number of hydrogen-bond donors (Lipinski definition) is 1. The molecule has 0 saturated carbocycles. The van der Waals surface area contributed by atoms with E-state index in [1.807, 2.05) is 18.2 Å². The summed E-state index contributed by atoms with van der Waals surface area (Å²) < 4.78 is 0.994. The average Bonchev–Trinajstić information content (AvgIpc) is 2.22. The molecule has 80 valence electrons. The molecule has 0 bridgehead atoms. The third-order valence-corrected chi connectivity index (χ3v) is 3.70. The van der Waals surface area contributed by atoms with E-state index in [0.717, 1.165) is 15.6 Å². The number of benzene rings is 1. The molecule has 1 nitrogen and oxygen atoms in total. The molecule has 0 spiro atoms. The first-order valence-corrected chi connectivity index (χ1v) is 6.17. The van der Waals surface area contributed by atoms with Crippen LogP contribution in [-0.4, -0.2) is 5.11 Å². The predicted molar refractivity (Wildman–Crippen MR) is 71.8 cm³/mol. The summed E-state index contributed by atoms with van der Waals surface area (Å²) in [6, 6.07) is 5.61. The van der Waals surface area contributed by atoms with E-state index in [4.69, 9.17) is 18.0 Å². The van der Waals surface area contributed by atoms with Crippen molar-refractivity contribution in [2.75, 3.05) is 0 Å². The Balaban J connectivity index is 2.62. The zero-order valence-electron chi connectivity index (χ0n) is 8.21. The van der Waals surface area contributed by atoms with Crippen LogP contribution in [-0.2, 0) is 0 Å². The molecular weight excluding hydrogens is 322 g/mol. The number of hydrogen-bond acceptors (Lipinski definition) is 1. The topological polar surface area (TPSA) is 20.2 Å². The second-order valence-electron chi connectivity index (χ2n) is 3.29. The van der Waals surface area contributed by atoms with Crippen LogP contribution in [0.5, 0.6) is 0 Å². The SMILES string of the molecule is C#CCCCC(O)c1ccc(I)c(Cl)c1. The van der Waals surface area contributed by atoms with Crippen molar-refractivity contribution in [2.24, 2.45) is 0 Å². The molecule has 1 atom stereocenters. The first-order chi connectivity index (χ1) is 7.15. The Morgan fingerprint density at radius 1 is 1.53 bits per heavy atom. The van der Waals surface area contributed by atoms with E-state index in [2.05, 4.69) is 28.5 Å². The van der Waals surface area contributed by atoms with Gasteiger partial charge in [0.25, 0.3) is 0 Å². The molecule has 1 rings (SSSR count). The summed E-state index contributed by atoms with van der Waals surface area (Å²) in [7, 11) is 0. The molecule has 0 heterocycles. The third-order valence-electron chi connectivity index (χ3n) is 2.13. The van der Waals surface area contributed by atoms with Crippen LogP contribution in [0.4, 0.5) is 0 Å². The maximum absolute atomic E-state index is 9.83. The molecule has 0 saturated heterocycles. The Bertz CT molecular complexity index is 370. The van der Waals surface area contributed by atoms with E-state index in [-0.39, 0.29) is 0 Å². The molecule has 0 aliphatic heterocycles. The zero-order valence-corrected chi connectivity index (χ0v) is 11.1. The summed E-state index contributed by atoms with van der Waals surface area (Å²) in [6.45, 7) is 0. The molecule has 0 amide bonds. The van der Waals surface area contributed by atoms with E-state index in [1.165, 1.54) is 0 Å². The van der Waals surface area contributed by atoms with Crippen LogP contribution in [0.2, 0.25) is 5.02 Å². The molecule has 15 heavy (non-hydrogen) atoms. The van der Waals surface area contributed by atoms with Crippen molar-refractivity contribution in [3.8, 4) is 12.3 Å². The zero-order chi connectivity index (χ0) is 11.3. The van der Waals surface area contributed by atoms with Gasteiger partial charge in [-0.1, -0.05) is 17.7 Å². The van der Waals surface area contributed by atoms with E-state index in [0.29, 0.717) is 17.9 Å². The fourth-order valence-electron chi connectivity index (χ4n) is 1.28. The lowest BCUT2D eigenvalue weighted by Gasteiger charge is -2.10. The van der Waals surface area contributed by atoms with Crippen LogP contribution >= 0.6 is 34.2 Å². The number of aliphatic hydroxyl groups is 1. The molecule has 0 fully saturated rings. The number of terminal acetylenes is 1. The highest BCUT2D eigenvalue weighted by Gasteiger charge is 2.08. The maximum Gasteiger partial charge on any atom is 0.0790 e. The average molecular weight is 335 g/mol. The summed E-state index contributed by atoms with van der Waals surface area (Å²) in [4.78, 5) is 0. The minimum absolute atomic E-state index is 0.465. The second kappa shape index (κ2) is 6.37. The molecule has 3 heteroatoms. The van der Waals surface area contributed by atoms with E-state index >= 15 is 0 Å². The molecule has 1 aromatic rings. The van der Waals surface area contributed by atoms with Gasteiger partial charge in [0.2, 0.25) is 0 Å². The minimum atomic E-state index is -0.465. The predicted octanol–water partition coefficient (Wildman–Crippen LogP) is 3.78. The van der Waals surface area contributed by atoms with Crippen molar-refractivity contribution in [3.05, 3.63) is 32.4 Å². The standard InChI is InChI=1S/C12H12ClIO/c1-2-3-4-5-12(15)9-6-7-11(14)10(13)8-9/h1,6-8,12,15H,3-5H2. The van der Waals surface area contributed by atoms with Crippen molar-refractivity contribution in [3.63, 3.8) is 0 Å². The van der Waals surface area contributed by atoms with Gasteiger partial charge in [-0.3, -0.25) is 0 Å². The number of rotatable bonds is 4. The normalized spacial score (nSPS) is 12.1. The van der Waals surface area contributed by atoms with Crippen molar-refractivity contribution < 1.29 is 5.11 Å². The van der Waals surface area contributed by atoms with Crippen molar-refractivity contribution in [1.82, 2.24) is 0 Å². The van der Waals surface area contributed by atoms with Gasteiger partial charge < -0.3 is 5.11 Å². The fourth-order valence-corrected chi connectivity index (χ4v) is 1.81. The van der Waals surface area contributed by atoms with Gasteiger partial charge in [0.05, 0.1) is 11.1 Å². The van der Waals surface area contributed by atoms with Gasteiger partial charge >= 0.3 is 0 Å². The van der Waals surface area contributed by atoms with Gasteiger partial charge in [-0.25, -0.2) is 0 Å². The van der Waals surface area contributed by atoms with Crippen molar-refractivity contribution in [2.45, 2.75) is 25.4 Å². The van der Waals surface area contributed by atoms with Crippen molar-refractivity contribution in [1.29, 1.82) is 0 Å². The van der Waals surface area contributed by atoms with Crippen LogP contribution < -0.4 is 0 Å². The first-order valence-electron chi connectivity index (χ1n) is 4.71. The summed E-state index contributed by atoms with van der Waals surface area (Å²) in [6.07, 6.45) is 6.90. The lowest BCUT2D eigenvalue weighted by Crippen LogP contribution is -1.97. The summed E-state index contributed by atoms with van der Waals surface area (Å²) in [5, 5.41) is 10.5. The third kappa shape index (κ3) is 4.02. The maximum atomic E-state index is 9.83. The quantitative estimate of drug-likeness (QED) is 0.505. The van der Waals surface area contributed by atoms with Crippen molar-refractivity contribution >= 4 is 34.2 Å². The summed E-state index contributed by atoms with van der Waals surface area (Å²) >= 11 is 8.13.